The van der Waals surface area contributed by atoms with Crippen LogP contribution in [0.25, 0.3) is 4.96 Å². The Hall–Kier alpha value is -2.25. The third-order valence-electron chi connectivity index (χ3n) is 4.56. The number of pyridine rings is 1. The number of likely N-dealkylation sites (tertiary alicyclic amines) is 1. The van der Waals surface area contributed by atoms with E-state index in [-0.39, 0.29) is 5.91 Å². The molecule has 0 unspecified atom stereocenters. The second-order valence-electron chi connectivity index (χ2n) is 6.25. The lowest BCUT2D eigenvalue weighted by Gasteiger charge is -2.15. The lowest BCUT2D eigenvalue weighted by atomic mass is 10.2. The van der Waals surface area contributed by atoms with Gasteiger partial charge in [0.1, 0.15) is 0 Å². The van der Waals surface area contributed by atoms with E-state index in [0.29, 0.717) is 12.2 Å². The molecule has 0 atom stereocenters. The molecule has 4 rings (SSSR count). The van der Waals surface area contributed by atoms with Gasteiger partial charge in [-0.05, 0) is 37.4 Å². The molecule has 130 valence electrons. The highest BCUT2D eigenvalue weighted by Crippen LogP contribution is 2.20. The van der Waals surface area contributed by atoms with E-state index >= 15 is 0 Å². The van der Waals surface area contributed by atoms with Gasteiger partial charge < -0.3 is 10.2 Å². The minimum atomic E-state index is 0.0671. The second-order valence-corrected chi connectivity index (χ2v) is 7.12. The molecule has 1 N–H and O–H groups in total. The minimum absolute atomic E-state index is 0.0671. The van der Waals surface area contributed by atoms with E-state index in [1.807, 2.05) is 33.1 Å². The SMILES string of the molecule is O=C(c1nc2sccn2c1CNCCc1cccnc1)N1CCCC1. The van der Waals surface area contributed by atoms with Gasteiger partial charge in [-0.3, -0.25) is 14.2 Å². The number of imidazole rings is 1. The summed E-state index contributed by atoms with van der Waals surface area (Å²) in [5.41, 5.74) is 2.76. The highest BCUT2D eigenvalue weighted by atomic mass is 32.1. The second kappa shape index (κ2) is 7.33. The predicted octanol–water partition coefficient (Wildman–Crippen LogP) is 2.36. The molecule has 1 fully saturated rings. The van der Waals surface area contributed by atoms with Crippen molar-refractivity contribution in [3.05, 3.63) is 53.1 Å². The zero-order valence-electron chi connectivity index (χ0n) is 14.0. The van der Waals surface area contributed by atoms with E-state index in [1.54, 1.807) is 17.5 Å². The highest BCUT2D eigenvalue weighted by Gasteiger charge is 2.26. The molecule has 0 saturated carbocycles. The van der Waals surface area contributed by atoms with Crippen LogP contribution in [-0.2, 0) is 13.0 Å². The molecule has 1 amide bonds. The molecule has 0 spiro atoms. The number of carbonyl (C=O) groups is 1. The van der Waals surface area contributed by atoms with Crippen molar-refractivity contribution in [2.75, 3.05) is 19.6 Å². The molecule has 0 aromatic carbocycles. The standard InChI is InChI=1S/C18H21N5OS/c24-17(22-8-1-2-9-22)16-15(23-10-11-25-18(23)21-16)13-20-7-5-14-4-3-6-19-12-14/h3-4,6,10-12,20H,1-2,5,7-9,13H2. The molecule has 6 nitrogen and oxygen atoms in total. The van der Waals surface area contributed by atoms with Crippen molar-refractivity contribution < 1.29 is 4.79 Å². The monoisotopic (exact) mass is 355 g/mol. The summed E-state index contributed by atoms with van der Waals surface area (Å²) >= 11 is 1.56. The number of amides is 1. The van der Waals surface area contributed by atoms with Crippen molar-refractivity contribution in [3.63, 3.8) is 0 Å². The number of nitrogens with zero attached hydrogens (tertiary/aromatic N) is 4. The van der Waals surface area contributed by atoms with Crippen LogP contribution in [0.5, 0.6) is 0 Å². The maximum absolute atomic E-state index is 12.8. The molecule has 0 aliphatic carbocycles. The Morgan fingerprint density at radius 1 is 1.32 bits per heavy atom. The highest BCUT2D eigenvalue weighted by molar-refractivity contribution is 7.15. The number of carbonyl (C=O) groups excluding carboxylic acids is 1. The molecule has 3 aromatic rings. The van der Waals surface area contributed by atoms with E-state index < -0.39 is 0 Å². The molecule has 1 aliphatic rings. The van der Waals surface area contributed by atoms with Crippen LogP contribution in [0.4, 0.5) is 0 Å². The van der Waals surface area contributed by atoms with Gasteiger partial charge in [0, 0.05) is 43.6 Å². The first-order chi connectivity index (χ1) is 12.3. The van der Waals surface area contributed by atoms with Gasteiger partial charge in [-0.15, -0.1) is 11.3 Å². The molecule has 0 radical (unpaired) electrons. The Morgan fingerprint density at radius 2 is 2.20 bits per heavy atom. The number of hydrogen-bond donors (Lipinski definition) is 1. The fourth-order valence-corrected chi connectivity index (χ4v) is 3.96. The van der Waals surface area contributed by atoms with Crippen LogP contribution in [0.3, 0.4) is 0 Å². The molecule has 7 heteroatoms. The summed E-state index contributed by atoms with van der Waals surface area (Å²) in [6.45, 7) is 3.16. The van der Waals surface area contributed by atoms with Gasteiger partial charge in [0.2, 0.25) is 0 Å². The van der Waals surface area contributed by atoms with E-state index in [0.717, 1.165) is 49.6 Å². The summed E-state index contributed by atoms with van der Waals surface area (Å²) in [5, 5.41) is 5.45. The molecular weight excluding hydrogens is 334 g/mol. The summed E-state index contributed by atoms with van der Waals surface area (Å²) in [6.07, 6.45) is 8.76. The maximum atomic E-state index is 12.8. The van der Waals surface area contributed by atoms with Crippen LogP contribution in [-0.4, -0.2) is 44.8 Å². The molecule has 3 aromatic heterocycles. The van der Waals surface area contributed by atoms with Crippen LogP contribution in [0.2, 0.25) is 0 Å². The lowest BCUT2D eigenvalue weighted by Crippen LogP contribution is -2.30. The Kier molecular flexibility index (Phi) is 4.76. The van der Waals surface area contributed by atoms with Crippen molar-refractivity contribution in [1.82, 2.24) is 24.6 Å². The van der Waals surface area contributed by atoms with Crippen LogP contribution in [0, 0.1) is 0 Å². The van der Waals surface area contributed by atoms with Gasteiger partial charge in [-0.2, -0.15) is 0 Å². The summed E-state index contributed by atoms with van der Waals surface area (Å²) in [6, 6.07) is 4.03. The fourth-order valence-electron chi connectivity index (χ4n) is 3.23. The molecule has 0 bridgehead atoms. The van der Waals surface area contributed by atoms with Gasteiger partial charge >= 0.3 is 0 Å². The van der Waals surface area contributed by atoms with Crippen LogP contribution >= 0.6 is 11.3 Å². The number of hydrogen-bond acceptors (Lipinski definition) is 5. The summed E-state index contributed by atoms with van der Waals surface area (Å²) in [5.74, 6) is 0.0671. The van der Waals surface area contributed by atoms with E-state index in [4.69, 9.17) is 0 Å². The number of aromatic nitrogens is 3. The van der Waals surface area contributed by atoms with Gasteiger partial charge in [-0.25, -0.2) is 4.98 Å². The summed E-state index contributed by atoms with van der Waals surface area (Å²) in [7, 11) is 0. The molecular formula is C18H21N5OS. The van der Waals surface area contributed by atoms with Crippen molar-refractivity contribution in [3.8, 4) is 0 Å². The summed E-state index contributed by atoms with van der Waals surface area (Å²) in [4.78, 5) is 24.3. The number of rotatable bonds is 6. The lowest BCUT2D eigenvalue weighted by molar-refractivity contribution is 0.0786. The minimum Gasteiger partial charge on any atom is -0.337 e. The topological polar surface area (TPSA) is 62.5 Å². The third-order valence-corrected chi connectivity index (χ3v) is 5.32. The summed E-state index contributed by atoms with van der Waals surface area (Å²) < 4.78 is 2.03. The average Bonchev–Trinajstić information content (AvgIpc) is 3.37. The fraction of sp³-hybridized carbons (Fsp3) is 0.389. The first kappa shape index (κ1) is 16.2. The smallest absolute Gasteiger partial charge is 0.274 e. The largest absolute Gasteiger partial charge is 0.337 e. The van der Waals surface area contributed by atoms with Crippen molar-refractivity contribution in [2.45, 2.75) is 25.8 Å². The quantitative estimate of drug-likeness (QED) is 0.690. The molecule has 1 aliphatic heterocycles. The van der Waals surface area contributed by atoms with E-state index in [9.17, 15) is 4.79 Å². The van der Waals surface area contributed by atoms with Crippen LogP contribution < -0.4 is 5.32 Å². The Labute approximate surface area is 150 Å². The van der Waals surface area contributed by atoms with Gasteiger partial charge in [-0.1, -0.05) is 6.07 Å². The zero-order valence-corrected chi connectivity index (χ0v) is 14.8. The first-order valence-electron chi connectivity index (χ1n) is 8.66. The average molecular weight is 355 g/mol. The van der Waals surface area contributed by atoms with E-state index in [1.165, 1.54) is 5.56 Å². The van der Waals surface area contributed by atoms with Crippen LogP contribution in [0.1, 0.15) is 34.6 Å². The van der Waals surface area contributed by atoms with Crippen molar-refractivity contribution >= 4 is 22.2 Å². The normalized spacial score (nSPS) is 14.5. The number of nitrogens with one attached hydrogen (secondary N) is 1. The predicted molar refractivity (Wildman–Crippen MR) is 97.9 cm³/mol. The van der Waals surface area contributed by atoms with Gasteiger partial charge in [0.05, 0.1) is 5.69 Å². The molecule has 25 heavy (non-hydrogen) atoms. The zero-order chi connectivity index (χ0) is 17.1. The van der Waals surface area contributed by atoms with Gasteiger partial charge in [0.25, 0.3) is 5.91 Å². The maximum Gasteiger partial charge on any atom is 0.274 e. The van der Waals surface area contributed by atoms with Gasteiger partial charge in [0.15, 0.2) is 10.7 Å². The Balaban J connectivity index is 1.46. The van der Waals surface area contributed by atoms with E-state index in [2.05, 4.69) is 21.4 Å². The van der Waals surface area contributed by atoms with Crippen molar-refractivity contribution in [2.24, 2.45) is 0 Å². The Morgan fingerprint density at radius 3 is 3.00 bits per heavy atom. The first-order valence-corrected chi connectivity index (χ1v) is 9.54. The Bertz CT molecular complexity index is 851. The number of thiazole rings is 1. The van der Waals surface area contributed by atoms with Crippen molar-refractivity contribution in [1.29, 1.82) is 0 Å². The molecule has 1 saturated heterocycles. The number of fused-ring (bicyclic) bond motifs is 1. The third kappa shape index (κ3) is 3.43. The van der Waals surface area contributed by atoms with Crippen LogP contribution in [0.15, 0.2) is 36.1 Å². The molecule has 4 heterocycles.